The zero-order valence-corrected chi connectivity index (χ0v) is 17.9. The molecule has 0 spiro atoms. The number of pyridine rings is 1. The Morgan fingerprint density at radius 2 is 1.66 bits per heavy atom. The van der Waals surface area contributed by atoms with E-state index in [0.29, 0.717) is 6.07 Å². The number of carbonyl (C=O) groups is 2. The second-order valence-corrected chi connectivity index (χ2v) is 6.57. The molecule has 1 heterocycles. The van der Waals surface area contributed by atoms with E-state index in [2.05, 4.69) is 19.8 Å². The maximum Gasteiger partial charge on any atom is 0.573 e. The van der Waals surface area contributed by atoms with Crippen LogP contribution in [-0.2, 0) is 4.74 Å². The molecule has 0 bridgehead atoms. The topological polar surface area (TPSA) is 96.0 Å². The Labute approximate surface area is 194 Å². The number of hydrogen-bond acceptors (Lipinski definition) is 7. The molecule has 184 valence electrons. The number of halogens is 5. The van der Waals surface area contributed by atoms with Crippen molar-refractivity contribution < 1.29 is 50.5 Å². The lowest BCUT2D eigenvalue weighted by molar-refractivity contribution is -0.274. The van der Waals surface area contributed by atoms with Crippen LogP contribution < -0.4 is 19.5 Å². The average molecular weight is 498 g/mol. The highest BCUT2D eigenvalue weighted by atomic mass is 19.4. The number of amides is 1. The molecule has 0 unspecified atom stereocenters. The molecule has 2 aromatic carbocycles. The van der Waals surface area contributed by atoms with Crippen LogP contribution in [0.25, 0.3) is 0 Å². The largest absolute Gasteiger partial charge is 0.573 e. The van der Waals surface area contributed by atoms with E-state index < -0.39 is 46.9 Å². The van der Waals surface area contributed by atoms with Crippen LogP contribution in [0.2, 0.25) is 0 Å². The van der Waals surface area contributed by atoms with E-state index in [9.17, 15) is 31.5 Å². The molecule has 3 aromatic rings. The van der Waals surface area contributed by atoms with E-state index in [-0.39, 0.29) is 22.9 Å². The summed E-state index contributed by atoms with van der Waals surface area (Å²) in [5, 5.41) is 2.29. The third-order valence-electron chi connectivity index (χ3n) is 4.28. The Morgan fingerprint density at radius 1 is 0.943 bits per heavy atom. The summed E-state index contributed by atoms with van der Waals surface area (Å²) >= 11 is 0. The fourth-order valence-electron chi connectivity index (χ4n) is 2.80. The van der Waals surface area contributed by atoms with E-state index in [1.54, 1.807) is 0 Å². The number of carbonyl (C=O) groups excluding carboxylic acids is 2. The zero-order valence-electron chi connectivity index (χ0n) is 17.9. The van der Waals surface area contributed by atoms with Gasteiger partial charge in [-0.25, -0.2) is 18.6 Å². The number of hydrogen-bond donors (Lipinski definition) is 1. The minimum Gasteiger partial charge on any atom is -0.493 e. The van der Waals surface area contributed by atoms with Gasteiger partial charge in [-0.3, -0.25) is 4.79 Å². The molecule has 35 heavy (non-hydrogen) atoms. The molecular formula is C22H15F5N2O6. The number of alkyl halides is 3. The smallest absolute Gasteiger partial charge is 0.493 e. The third kappa shape index (κ3) is 6.13. The maximum atomic E-state index is 14.6. The van der Waals surface area contributed by atoms with Crippen molar-refractivity contribution in [2.45, 2.75) is 6.36 Å². The zero-order chi connectivity index (χ0) is 25.8. The molecule has 1 amide bonds. The van der Waals surface area contributed by atoms with Gasteiger partial charge in [-0.15, -0.1) is 13.2 Å². The minimum atomic E-state index is -4.96. The first-order valence-corrected chi connectivity index (χ1v) is 9.47. The summed E-state index contributed by atoms with van der Waals surface area (Å²) in [6.07, 6.45) is -3.78. The number of rotatable bonds is 7. The van der Waals surface area contributed by atoms with Gasteiger partial charge in [-0.2, -0.15) is 0 Å². The lowest BCUT2D eigenvalue weighted by Crippen LogP contribution is -2.17. The Morgan fingerprint density at radius 3 is 2.31 bits per heavy atom. The van der Waals surface area contributed by atoms with Crippen LogP contribution in [0, 0.1) is 11.6 Å². The number of anilines is 1. The summed E-state index contributed by atoms with van der Waals surface area (Å²) in [4.78, 5) is 28.2. The number of ether oxygens (including phenoxy) is 4. The molecule has 8 nitrogen and oxygen atoms in total. The van der Waals surface area contributed by atoms with Crippen LogP contribution in [-0.4, -0.2) is 37.4 Å². The van der Waals surface area contributed by atoms with Gasteiger partial charge in [0.25, 0.3) is 5.91 Å². The number of esters is 1. The van der Waals surface area contributed by atoms with Crippen LogP contribution in [0.5, 0.6) is 23.0 Å². The molecule has 1 N–H and O–H groups in total. The van der Waals surface area contributed by atoms with Crippen molar-refractivity contribution in [3.63, 3.8) is 0 Å². The van der Waals surface area contributed by atoms with Crippen LogP contribution in [0.1, 0.15) is 20.8 Å². The predicted molar refractivity (Wildman–Crippen MR) is 110 cm³/mol. The second-order valence-electron chi connectivity index (χ2n) is 6.57. The van der Waals surface area contributed by atoms with E-state index in [1.165, 1.54) is 12.3 Å². The van der Waals surface area contributed by atoms with Crippen molar-refractivity contribution >= 4 is 17.6 Å². The second kappa shape index (κ2) is 10.2. The number of aromatic nitrogens is 1. The van der Waals surface area contributed by atoms with Crippen molar-refractivity contribution in [3.05, 3.63) is 71.6 Å². The molecule has 0 aliphatic carbocycles. The van der Waals surface area contributed by atoms with Crippen LogP contribution >= 0.6 is 0 Å². The molecule has 0 fully saturated rings. The predicted octanol–water partition coefficient (Wildman–Crippen LogP) is 5.10. The Balaban J connectivity index is 1.94. The average Bonchev–Trinajstić information content (AvgIpc) is 2.81. The molecule has 1 aromatic heterocycles. The van der Waals surface area contributed by atoms with Crippen molar-refractivity contribution in [1.82, 2.24) is 4.98 Å². The van der Waals surface area contributed by atoms with E-state index in [1.807, 2.05) is 0 Å². The van der Waals surface area contributed by atoms with Crippen molar-refractivity contribution in [1.29, 1.82) is 0 Å². The minimum absolute atomic E-state index is 0.00578. The van der Waals surface area contributed by atoms with Crippen LogP contribution in [0.3, 0.4) is 0 Å². The fourth-order valence-corrected chi connectivity index (χ4v) is 2.80. The number of methoxy groups -OCH3 is 2. The molecule has 0 saturated heterocycles. The van der Waals surface area contributed by atoms with E-state index in [0.717, 1.165) is 44.6 Å². The molecule has 0 atom stereocenters. The summed E-state index contributed by atoms with van der Waals surface area (Å²) in [5.41, 5.74) is -1.02. The van der Waals surface area contributed by atoms with Crippen molar-refractivity contribution in [2.24, 2.45) is 0 Å². The van der Waals surface area contributed by atoms with E-state index >= 15 is 0 Å². The number of nitrogens with zero attached hydrogens (tertiary/aromatic N) is 1. The van der Waals surface area contributed by atoms with Gasteiger partial charge in [-0.1, -0.05) is 0 Å². The lowest BCUT2D eigenvalue weighted by atomic mass is 10.1. The first kappa shape index (κ1) is 25.2. The first-order chi connectivity index (χ1) is 16.5. The number of benzene rings is 2. The molecule has 3 rings (SSSR count). The van der Waals surface area contributed by atoms with E-state index in [4.69, 9.17) is 9.47 Å². The highest BCUT2D eigenvalue weighted by molar-refractivity contribution is 6.06. The van der Waals surface area contributed by atoms with Crippen LogP contribution in [0.4, 0.5) is 27.6 Å². The summed E-state index contributed by atoms with van der Waals surface area (Å²) in [7, 11) is 2.25. The van der Waals surface area contributed by atoms with Gasteiger partial charge in [-0.05, 0) is 36.4 Å². The van der Waals surface area contributed by atoms with Crippen molar-refractivity contribution in [2.75, 3.05) is 19.5 Å². The first-order valence-electron chi connectivity index (χ1n) is 9.47. The molecule has 0 aliphatic heterocycles. The van der Waals surface area contributed by atoms with Gasteiger partial charge in [0.1, 0.15) is 22.8 Å². The van der Waals surface area contributed by atoms with Gasteiger partial charge in [0, 0.05) is 18.0 Å². The monoisotopic (exact) mass is 498 g/mol. The fraction of sp³-hybridized carbons (Fsp3) is 0.136. The lowest BCUT2D eigenvalue weighted by Gasteiger charge is -2.16. The maximum absolute atomic E-state index is 14.6. The standard InChI is InChI=1S/C22H15F5N2O6/c1-32-17-10-12(35-22(25,26)27)3-5-15(17)34-16-6-4-13(23)19(24)18(16)20(30)29-11-7-8-28-14(9-11)21(31)33-2/h3-10H,1-2H3,(H,28,29,30). The molecule has 0 saturated carbocycles. The Hall–Kier alpha value is -4.42. The van der Waals surface area contributed by atoms with Crippen molar-refractivity contribution in [3.8, 4) is 23.0 Å². The van der Waals surface area contributed by atoms with Gasteiger partial charge >= 0.3 is 12.3 Å². The third-order valence-corrected chi connectivity index (χ3v) is 4.28. The van der Waals surface area contributed by atoms with Crippen LogP contribution in [0.15, 0.2) is 48.7 Å². The van der Waals surface area contributed by atoms with Gasteiger partial charge < -0.3 is 24.3 Å². The number of nitrogens with one attached hydrogen (secondary N) is 1. The van der Waals surface area contributed by atoms with Gasteiger partial charge in [0.05, 0.1) is 14.2 Å². The van der Waals surface area contributed by atoms with Gasteiger partial charge in [0.15, 0.2) is 23.1 Å². The summed E-state index contributed by atoms with van der Waals surface area (Å²) in [6, 6.07) is 6.84. The highest BCUT2D eigenvalue weighted by Crippen LogP contribution is 2.38. The molecule has 0 aliphatic rings. The summed E-state index contributed by atoms with van der Waals surface area (Å²) in [6.45, 7) is 0. The summed E-state index contributed by atoms with van der Waals surface area (Å²) < 4.78 is 84.8. The Bertz CT molecular complexity index is 1270. The highest BCUT2D eigenvalue weighted by Gasteiger charge is 2.31. The quantitative estimate of drug-likeness (QED) is 0.358. The molecule has 0 radical (unpaired) electrons. The molecular weight excluding hydrogens is 483 g/mol. The van der Waals surface area contributed by atoms with Gasteiger partial charge in [0.2, 0.25) is 0 Å². The normalized spacial score (nSPS) is 10.9. The SMILES string of the molecule is COC(=O)c1cc(NC(=O)c2c(Oc3ccc(OC(F)(F)F)cc3OC)ccc(F)c2F)ccn1. The Kier molecular flexibility index (Phi) is 7.37. The molecule has 13 heteroatoms. The summed E-state index contributed by atoms with van der Waals surface area (Å²) in [5.74, 6) is -6.46.